The van der Waals surface area contributed by atoms with E-state index in [0.29, 0.717) is 6.42 Å². The minimum Gasteiger partial charge on any atom is -0.480 e. The van der Waals surface area contributed by atoms with Crippen molar-refractivity contribution in [3.05, 3.63) is 60.2 Å². The summed E-state index contributed by atoms with van der Waals surface area (Å²) in [6, 6.07) is 17.4. The van der Waals surface area contributed by atoms with Gasteiger partial charge in [0.05, 0.1) is 0 Å². The SMILES string of the molecule is N[C@@H](Cc1cccc2cc3ccccc3cc12)C(=O)O. The number of hydrogen-bond acceptors (Lipinski definition) is 2. The van der Waals surface area contributed by atoms with Crippen LogP contribution < -0.4 is 5.73 Å². The van der Waals surface area contributed by atoms with Crippen LogP contribution in [0.1, 0.15) is 5.56 Å². The Kier molecular flexibility index (Phi) is 3.12. The molecule has 0 aliphatic carbocycles. The van der Waals surface area contributed by atoms with E-state index in [0.717, 1.165) is 21.7 Å². The minimum absolute atomic E-state index is 0.338. The summed E-state index contributed by atoms with van der Waals surface area (Å²) < 4.78 is 0. The maximum absolute atomic E-state index is 10.9. The summed E-state index contributed by atoms with van der Waals surface area (Å²) >= 11 is 0. The Labute approximate surface area is 116 Å². The Balaban J connectivity index is 2.17. The maximum atomic E-state index is 10.9. The zero-order valence-corrected chi connectivity index (χ0v) is 10.9. The molecule has 1 atom stereocenters. The van der Waals surface area contributed by atoms with Crippen LogP contribution in [-0.2, 0) is 11.2 Å². The summed E-state index contributed by atoms with van der Waals surface area (Å²) in [5.41, 5.74) is 6.63. The van der Waals surface area contributed by atoms with E-state index in [-0.39, 0.29) is 0 Å². The lowest BCUT2D eigenvalue weighted by molar-refractivity contribution is -0.138. The summed E-state index contributed by atoms with van der Waals surface area (Å²) in [6.45, 7) is 0. The van der Waals surface area contributed by atoms with E-state index in [2.05, 4.69) is 24.3 Å². The predicted octanol–water partition coefficient (Wildman–Crippen LogP) is 2.95. The molecule has 0 spiro atoms. The van der Waals surface area contributed by atoms with Crippen molar-refractivity contribution in [1.29, 1.82) is 0 Å². The molecule has 3 heteroatoms. The van der Waals surface area contributed by atoms with Crippen LogP contribution in [0.15, 0.2) is 54.6 Å². The standard InChI is InChI=1S/C17H15NO2/c18-16(17(19)20)10-14-7-3-6-13-8-11-4-1-2-5-12(11)9-15(13)14/h1-9,16H,10,18H2,(H,19,20)/t16-/m0/s1. The van der Waals surface area contributed by atoms with Crippen molar-refractivity contribution >= 4 is 27.5 Å². The second-order valence-electron chi connectivity index (χ2n) is 4.99. The molecule has 0 amide bonds. The lowest BCUT2D eigenvalue weighted by Gasteiger charge is -2.11. The van der Waals surface area contributed by atoms with E-state index in [1.54, 1.807) is 0 Å². The van der Waals surface area contributed by atoms with Crippen molar-refractivity contribution < 1.29 is 9.90 Å². The average molecular weight is 265 g/mol. The molecule has 3 aromatic carbocycles. The molecule has 0 heterocycles. The van der Waals surface area contributed by atoms with Crippen LogP contribution in [-0.4, -0.2) is 17.1 Å². The van der Waals surface area contributed by atoms with Crippen molar-refractivity contribution in [3.8, 4) is 0 Å². The number of carbonyl (C=O) groups is 1. The minimum atomic E-state index is -0.970. The fourth-order valence-corrected chi connectivity index (χ4v) is 2.53. The van der Waals surface area contributed by atoms with E-state index in [1.807, 2.05) is 30.3 Å². The molecule has 0 radical (unpaired) electrons. The molecule has 0 aromatic heterocycles. The fraction of sp³-hybridized carbons (Fsp3) is 0.118. The van der Waals surface area contributed by atoms with Gasteiger partial charge in [0.25, 0.3) is 0 Å². The van der Waals surface area contributed by atoms with Crippen LogP contribution in [0, 0.1) is 0 Å². The van der Waals surface area contributed by atoms with Gasteiger partial charge in [-0.05, 0) is 45.7 Å². The molecule has 3 N–H and O–H groups in total. The van der Waals surface area contributed by atoms with Gasteiger partial charge in [0.1, 0.15) is 6.04 Å². The van der Waals surface area contributed by atoms with Crippen LogP contribution in [0.4, 0.5) is 0 Å². The van der Waals surface area contributed by atoms with Gasteiger partial charge in [-0.25, -0.2) is 0 Å². The van der Waals surface area contributed by atoms with E-state index in [9.17, 15) is 4.79 Å². The zero-order chi connectivity index (χ0) is 14.1. The monoisotopic (exact) mass is 265 g/mol. The van der Waals surface area contributed by atoms with Crippen LogP contribution >= 0.6 is 0 Å². The van der Waals surface area contributed by atoms with Gasteiger partial charge in [0.2, 0.25) is 0 Å². The van der Waals surface area contributed by atoms with E-state index in [4.69, 9.17) is 10.8 Å². The summed E-state index contributed by atoms with van der Waals surface area (Å²) in [5, 5.41) is 13.5. The Morgan fingerprint density at radius 2 is 1.65 bits per heavy atom. The molecule has 0 unspecified atom stereocenters. The lowest BCUT2D eigenvalue weighted by Crippen LogP contribution is -2.32. The highest BCUT2D eigenvalue weighted by Gasteiger charge is 2.13. The predicted molar refractivity (Wildman–Crippen MR) is 80.8 cm³/mol. The molecule has 3 aromatic rings. The Hall–Kier alpha value is -2.39. The summed E-state index contributed by atoms with van der Waals surface area (Å²) in [7, 11) is 0. The second-order valence-corrected chi connectivity index (χ2v) is 4.99. The number of nitrogens with two attached hydrogens (primary N) is 1. The molecule has 100 valence electrons. The number of hydrogen-bond donors (Lipinski definition) is 2. The van der Waals surface area contributed by atoms with Gasteiger partial charge >= 0.3 is 5.97 Å². The third kappa shape index (κ3) is 2.24. The highest BCUT2D eigenvalue weighted by Crippen LogP contribution is 2.26. The fourth-order valence-electron chi connectivity index (χ4n) is 2.53. The quantitative estimate of drug-likeness (QED) is 0.716. The first-order valence-corrected chi connectivity index (χ1v) is 6.54. The first-order chi connectivity index (χ1) is 9.65. The van der Waals surface area contributed by atoms with Crippen molar-refractivity contribution in [2.75, 3.05) is 0 Å². The van der Waals surface area contributed by atoms with Gasteiger partial charge < -0.3 is 10.8 Å². The molecule has 0 saturated heterocycles. The molecule has 0 aliphatic rings. The molecule has 3 rings (SSSR count). The molecule has 0 saturated carbocycles. The summed E-state index contributed by atoms with van der Waals surface area (Å²) in [6.07, 6.45) is 0.338. The van der Waals surface area contributed by atoms with E-state index < -0.39 is 12.0 Å². The van der Waals surface area contributed by atoms with E-state index >= 15 is 0 Å². The molecule has 3 nitrogen and oxygen atoms in total. The van der Waals surface area contributed by atoms with Crippen molar-refractivity contribution in [3.63, 3.8) is 0 Å². The van der Waals surface area contributed by atoms with Crippen molar-refractivity contribution in [2.24, 2.45) is 5.73 Å². The van der Waals surface area contributed by atoms with Gasteiger partial charge in [-0.15, -0.1) is 0 Å². The van der Waals surface area contributed by atoms with Gasteiger partial charge in [-0.3, -0.25) is 4.79 Å². The molecular weight excluding hydrogens is 250 g/mol. The molecule has 0 bridgehead atoms. The third-order valence-electron chi connectivity index (χ3n) is 3.59. The lowest BCUT2D eigenvalue weighted by atomic mass is 9.96. The third-order valence-corrected chi connectivity index (χ3v) is 3.59. The number of carboxylic acid groups (broad SMARTS) is 1. The normalized spacial score (nSPS) is 12.7. The van der Waals surface area contributed by atoms with E-state index in [1.165, 1.54) is 5.39 Å². The first kappa shape index (κ1) is 12.6. The van der Waals surface area contributed by atoms with Crippen molar-refractivity contribution in [2.45, 2.75) is 12.5 Å². The number of carboxylic acids is 1. The molecular formula is C17H15NO2. The zero-order valence-electron chi connectivity index (χ0n) is 10.9. The largest absolute Gasteiger partial charge is 0.480 e. The molecule has 20 heavy (non-hydrogen) atoms. The summed E-state index contributed by atoms with van der Waals surface area (Å²) in [4.78, 5) is 10.9. The highest BCUT2D eigenvalue weighted by molar-refractivity contribution is 5.99. The van der Waals surface area contributed by atoms with Crippen molar-refractivity contribution in [1.82, 2.24) is 0 Å². The van der Waals surface area contributed by atoms with Crippen LogP contribution in [0.5, 0.6) is 0 Å². The topological polar surface area (TPSA) is 63.3 Å². The van der Waals surface area contributed by atoms with Gasteiger partial charge in [-0.1, -0.05) is 42.5 Å². The molecule has 0 fully saturated rings. The number of benzene rings is 3. The average Bonchev–Trinajstić information content (AvgIpc) is 2.45. The van der Waals surface area contributed by atoms with Gasteiger partial charge in [-0.2, -0.15) is 0 Å². The first-order valence-electron chi connectivity index (χ1n) is 6.54. The highest BCUT2D eigenvalue weighted by atomic mass is 16.4. The second kappa shape index (κ2) is 4.94. The number of rotatable bonds is 3. The Bertz CT molecular complexity index is 795. The van der Waals surface area contributed by atoms with Crippen LogP contribution in [0.3, 0.4) is 0 Å². The Morgan fingerprint density at radius 3 is 2.35 bits per heavy atom. The van der Waals surface area contributed by atoms with Gasteiger partial charge in [0.15, 0.2) is 0 Å². The number of fused-ring (bicyclic) bond motifs is 2. The van der Waals surface area contributed by atoms with Crippen LogP contribution in [0.25, 0.3) is 21.5 Å². The molecule has 0 aliphatic heterocycles. The van der Waals surface area contributed by atoms with Gasteiger partial charge in [0, 0.05) is 0 Å². The maximum Gasteiger partial charge on any atom is 0.320 e. The smallest absolute Gasteiger partial charge is 0.320 e. The Morgan fingerprint density at radius 1 is 1.00 bits per heavy atom. The van der Waals surface area contributed by atoms with Crippen LogP contribution in [0.2, 0.25) is 0 Å². The summed E-state index contributed by atoms with van der Waals surface area (Å²) in [5.74, 6) is -0.970. The number of aliphatic carboxylic acids is 1.